The number of fused-ring (bicyclic) bond motifs is 1. The van der Waals surface area contributed by atoms with Crippen molar-refractivity contribution in [2.75, 3.05) is 13.1 Å². The first kappa shape index (κ1) is 8.52. The van der Waals surface area contributed by atoms with E-state index in [0.717, 1.165) is 19.5 Å². The molecule has 0 fully saturated rings. The van der Waals surface area contributed by atoms with E-state index >= 15 is 0 Å². The molecule has 0 aromatic heterocycles. The van der Waals surface area contributed by atoms with Crippen LogP contribution < -0.4 is 5.32 Å². The van der Waals surface area contributed by atoms with Crippen molar-refractivity contribution in [3.05, 3.63) is 41.5 Å². The first-order chi connectivity index (χ1) is 6.42. The molecule has 0 atom stereocenters. The van der Waals surface area contributed by atoms with Gasteiger partial charge >= 0.3 is 0 Å². The van der Waals surface area contributed by atoms with Gasteiger partial charge in [0.25, 0.3) is 0 Å². The number of rotatable bonds is 3. The number of nitrogens with one attached hydrogen (secondary N) is 1. The van der Waals surface area contributed by atoms with Crippen molar-refractivity contribution in [2.45, 2.75) is 13.3 Å². The fraction of sp³-hybridized carbons (Fsp3) is 0.333. The Hall–Kier alpha value is -1.08. The first-order valence-electron chi connectivity index (χ1n) is 4.90. The van der Waals surface area contributed by atoms with Crippen molar-refractivity contribution in [1.29, 1.82) is 0 Å². The van der Waals surface area contributed by atoms with E-state index in [1.54, 1.807) is 0 Å². The van der Waals surface area contributed by atoms with Gasteiger partial charge in [0.15, 0.2) is 0 Å². The summed E-state index contributed by atoms with van der Waals surface area (Å²) in [4.78, 5) is 0. The molecule has 1 aliphatic rings. The topological polar surface area (TPSA) is 12.0 Å². The molecule has 1 heteroatoms. The van der Waals surface area contributed by atoms with E-state index < -0.39 is 0 Å². The highest BCUT2D eigenvalue weighted by atomic mass is 14.8. The molecular formula is C12H15N. The van der Waals surface area contributed by atoms with E-state index in [1.165, 1.54) is 16.7 Å². The van der Waals surface area contributed by atoms with Crippen LogP contribution in [0.2, 0.25) is 0 Å². The fourth-order valence-electron chi connectivity index (χ4n) is 1.78. The van der Waals surface area contributed by atoms with E-state index in [9.17, 15) is 0 Å². The summed E-state index contributed by atoms with van der Waals surface area (Å²) in [6.45, 7) is 4.19. The van der Waals surface area contributed by atoms with Gasteiger partial charge in [0, 0.05) is 6.54 Å². The molecule has 1 nitrogen and oxygen atoms in total. The molecule has 1 aliphatic carbocycles. The molecule has 0 saturated carbocycles. The SMILES string of the molecule is CCNCC1=CCc2ccccc21. The van der Waals surface area contributed by atoms with Gasteiger partial charge in [0.2, 0.25) is 0 Å². The Morgan fingerprint density at radius 3 is 3.00 bits per heavy atom. The predicted octanol–water partition coefficient (Wildman–Crippen LogP) is 2.24. The summed E-state index contributed by atoms with van der Waals surface area (Å²) in [7, 11) is 0. The van der Waals surface area contributed by atoms with Gasteiger partial charge in [0.1, 0.15) is 0 Å². The highest BCUT2D eigenvalue weighted by Gasteiger charge is 2.11. The second-order valence-corrected chi connectivity index (χ2v) is 3.37. The molecule has 0 spiro atoms. The van der Waals surface area contributed by atoms with Gasteiger partial charge in [0.05, 0.1) is 0 Å². The van der Waals surface area contributed by atoms with E-state index in [1.807, 2.05) is 0 Å². The summed E-state index contributed by atoms with van der Waals surface area (Å²) >= 11 is 0. The minimum Gasteiger partial charge on any atom is -0.313 e. The molecule has 68 valence electrons. The maximum Gasteiger partial charge on any atom is 0.0208 e. The molecule has 1 N–H and O–H groups in total. The zero-order chi connectivity index (χ0) is 9.10. The van der Waals surface area contributed by atoms with Gasteiger partial charge in [-0.2, -0.15) is 0 Å². The lowest BCUT2D eigenvalue weighted by molar-refractivity contribution is 0.808. The van der Waals surface area contributed by atoms with Crippen molar-refractivity contribution >= 4 is 5.57 Å². The Kier molecular flexibility index (Phi) is 2.46. The van der Waals surface area contributed by atoms with Crippen LogP contribution >= 0.6 is 0 Å². The van der Waals surface area contributed by atoms with Crippen LogP contribution in [0, 0.1) is 0 Å². The Bertz CT molecular complexity index is 326. The zero-order valence-electron chi connectivity index (χ0n) is 8.01. The Morgan fingerprint density at radius 2 is 2.15 bits per heavy atom. The Balaban J connectivity index is 2.16. The second-order valence-electron chi connectivity index (χ2n) is 3.37. The molecule has 0 saturated heterocycles. The van der Waals surface area contributed by atoms with Crippen molar-refractivity contribution in [3.8, 4) is 0 Å². The summed E-state index contributed by atoms with van der Waals surface area (Å²) in [5.41, 5.74) is 4.36. The summed E-state index contributed by atoms with van der Waals surface area (Å²) in [6, 6.07) is 8.66. The Labute approximate surface area is 79.5 Å². The van der Waals surface area contributed by atoms with Gasteiger partial charge in [-0.3, -0.25) is 0 Å². The molecular weight excluding hydrogens is 158 g/mol. The predicted molar refractivity (Wildman–Crippen MR) is 56.7 cm³/mol. The number of hydrogen-bond acceptors (Lipinski definition) is 1. The summed E-state index contributed by atoms with van der Waals surface area (Å²) in [5.74, 6) is 0. The van der Waals surface area contributed by atoms with Gasteiger partial charge in [-0.15, -0.1) is 0 Å². The standard InChI is InChI=1S/C12H15N/c1-2-13-9-11-8-7-10-5-3-4-6-12(10)11/h3-6,8,13H,2,7,9H2,1H3. The first-order valence-corrected chi connectivity index (χ1v) is 4.90. The van der Waals surface area contributed by atoms with Crippen molar-refractivity contribution < 1.29 is 0 Å². The van der Waals surface area contributed by atoms with Crippen LogP contribution in [0.4, 0.5) is 0 Å². The van der Waals surface area contributed by atoms with Gasteiger partial charge < -0.3 is 5.32 Å². The molecule has 0 bridgehead atoms. The van der Waals surface area contributed by atoms with Crippen molar-refractivity contribution in [2.24, 2.45) is 0 Å². The Morgan fingerprint density at radius 1 is 1.31 bits per heavy atom. The molecule has 0 unspecified atom stereocenters. The summed E-state index contributed by atoms with van der Waals surface area (Å²) in [6.07, 6.45) is 3.43. The lowest BCUT2D eigenvalue weighted by Crippen LogP contribution is -2.14. The van der Waals surface area contributed by atoms with Crippen LogP contribution in [0.5, 0.6) is 0 Å². The van der Waals surface area contributed by atoms with Crippen LogP contribution in [-0.2, 0) is 6.42 Å². The molecule has 1 aromatic carbocycles. The van der Waals surface area contributed by atoms with Crippen molar-refractivity contribution in [3.63, 3.8) is 0 Å². The third-order valence-corrected chi connectivity index (χ3v) is 2.50. The molecule has 0 radical (unpaired) electrons. The van der Waals surface area contributed by atoms with Crippen LogP contribution in [0.15, 0.2) is 30.3 Å². The van der Waals surface area contributed by atoms with Gasteiger partial charge in [-0.05, 0) is 29.7 Å². The van der Waals surface area contributed by atoms with Gasteiger partial charge in [-0.25, -0.2) is 0 Å². The normalized spacial score (nSPS) is 14.1. The molecule has 0 heterocycles. The molecule has 1 aromatic rings. The molecule has 13 heavy (non-hydrogen) atoms. The largest absolute Gasteiger partial charge is 0.313 e. The van der Waals surface area contributed by atoms with Crippen LogP contribution in [-0.4, -0.2) is 13.1 Å². The van der Waals surface area contributed by atoms with Crippen LogP contribution in [0.25, 0.3) is 5.57 Å². The number of benzene rings is 1. The van der Waals surface area contributed by atoms with Crippen LogP contribution in [0.1, 0.15) is 18.1 Å². The number of hydrogen-bond donors (Lipinski definition) is 1. The fourth-order valence-corrected chi connectivity index (χ4v) is 1.78. The molecule has 0 amide bonds. The monoisotopic (exact) mass is 173 g/mol. The molecule has 2 rings (SSSR count). The summed E-state index contributed by atoms with van der Waals surface area (Å²) in [5, 5.41) is 3.36. The highest BCUT2D eigenvalue weighted by molar-refractivity contribution is 5.74. The minimum atomic E-state index is 1.01. The van der Waals surface area contributed by atoms with Gasteiger partial charge in [-0.1, -0.05) is 37.3 Å². The zero-order valence-corrected chi connectivity index (χ0v) is 8.01. The smallest absolute Gasteiger partial charge is 0.0208 e. The average Bonchev–Trinajstić information content (AvgIpc) is 2.58. The lowest BCUT2D eigenvalue weighted by Gasteiger charge is -2.05. The minimum absolute atomic E-state index is 1.01. The van der Waals surface area contributed by atoms with E-state index in [0.29, 0.717) is 0 Å². The maximum atomic E-state index is 3.36. The second kappa shape index (κ2) is 3.75. The van der Waals surface area contributed by atoms with E-state index in [4.69, 9.17) is 0 Å². The van der Waals surface area contributed by atoms with E-state index in [-0.39, 0.29) is 0 Å². The average molecular weight is 173 g/mol. The molecule has 0 aliphatic heterocycles. The maximum absolute atomic E-state index is 3.36. The van der Waals surface area contributed by atoms with E-state index in [2.05, 4.69) is 42.6 Å². The highest BCUT2D eigenvalue weighted by Crippen LogP contribution is 2.25. The van der Waals surface area contributed by atoms with Crippen LogP contribution in [0.3, 0.4) is 0 Å². The third kappa shape index (κ3) is 1.65. The number of allylic oxidation sites excluding steroid dienone is 1. The number of likely N-dealkylation sites (N-methyl/N-ethyl adjacent to an activating group) is 1. The lowest BCUT2D eigenvalue weighted by atomic mass is 10.1. The van der Waals surface area contributed by atoms with Crippen molar-refractivity contribution in [1.82, 2.24) is 5.32 Å². The summed E-state index contributed by atoms with van der Waals surface area (Å²) < 4.78 is 0. The third-order valence-electron chi connectivity index (χ3n) is 2.50. The quantitative estimate of drug-likeness (QED) is 0.739.